The maximum absolute atomic E-state index is 12.8. The van der Waals surface area contributed by atoms with Crippen LogP contribution < -0.4 is 5.32 Å². The van der Waals surface area contributed by atoms with Gasteiger partial charge in [0.25, 0.3) is 5.91 Å². The van der Waals surface area contributed by atoms with Gasteiger partial charge in [-0.25, -0.2) is 4.98 Å². The summed E-state index contributed by atoms with van der Waals surface area (Å²) in [6.45, 7) is 0. The molecule has 112 valence electrons. The van der Waals surface area contributed by atoms with E-state index in [1.807, 2.05) is 29.6 Å². The highest BCUT2D eigenvalue weighted by atomic mass is 32.1. The van der Waals surface area contributed by atoms with Gasteiger partial charge in [-0.3, -0.25) is 4.79 Å². The zero-order chi connectivity index (χ0) is 15.0. The molecule has 22 heavy (non-hydrogen) atoms. The number of hydrogen-bond donors (Lipinski definition) is 1. The topological polar surface area (TPSA) is 55.1 Å². The summed E-state index contributed by atoms with van der Waals surface area (Å²) in [5, 5.41) is 7.07. The molecule has 0 unspecified atom stereocenters. The van der Waals surface area contributed by atoms with Gasteiger partial charge in [-0.15, -0.1) is 11.3 Å². The highest BCUT2D eigenvalue weighted by molar-refractivity contribution is 7.09. The van der Waals surface area contributed by atoms with Gasteiger partial charge in [0.05, 0.1) is 11.1 Å². The number of carbonyl (C=O) groups is 1. The van der Waals surface area contributed by atoms with Crippen molar-refractivity contribution in [2.75, 3.05) is 0 Å². The number of hydrogen-bond acceptors (Lipinski definition) is 4. The molecule has 0 radical (unpaired) electrons. The van der Waals surface area contributed by atoms with Gasteiger partial charge >= 0.3 is 0 Å². The zero-order valence-electron chi connectivity index (χ0n) is 12.0. The van der Waals surface area contributed by atoms with E-state index in [4.69, 9.17) is 4.42 Å². The molecule has 5 heteroatoms. The Morgan fingerprint density at radius 3 is 2.86 bits per heavy atom. The van der Waals surface area contributed by atoms with Gasteiger partial charge in [-0.05, 0) is 18.9 Å². The summed E-state index contributed by atoms with van der Waals surface area (Å²) in [6.07, 6.45) is 7.48. The van der Waals surface area contributed by atoms with E-state index >= 15 is 0 Å². The largest absolute Gasteiger partial charge is 0.463 e. The summed E-state index contributed by atoms with van der Waals surface area (Å²) in [5.41, 5.74) is 1.02. The van der Waals surface area contributed by atoms with Gasteiger partial charge in [0.2, 0.25) is 0 Å². The molecule has 2 heterocycles. The smallest absolute Gasteiger partial charge is 0.255 e. The van der Waals surface area contributed by atoms with E-state index in [0.29, 0.717) is 5.56 Å². The van der Waals surface area contributed by atoms with E-state index in [-0.39, 0.29) is 11.4 Å². The van der Waals surface area contributed by atoms with E-state index in [1.165, 1.54) is 0 Å². The quantitative estimate of drug-likeness (QED) is 0.792. The van der Waals surface area contributed by atoms with Crippen LogP contribution in [0.4, 0.5) is 0 Å². The first-order valence-corrected chi connectivity index (χ1v) is 8.35. The molecule has 2 aromatic heterocycles. The molecule has 1 N–H and O–H groups in total. The van der Waals surface area contributed by atoms with Gasteiger partial charge < -0.3 is 9.73 Å². The number of furan rings is 1. The van der Waals surface area contributed by atoms with Crippen molar-refractivity contribution in [3.05, 3.63) is 52.7 Å². The molecule has 1 amide bonds. The van der Waals surface area contributed by atoms with Gasteiger partial charge in [-0.1, -0.05) is 31.0 Å². The van der Waals surface area contributed by atoms with Crippen LogP contribution in [0.1, 0.15) is 41.0 Å². The number of rotatable bonds is 3. The SMILES string of the molecule is O=C(NC1(c2nccs2)CCCC1)c1coc2ccccc12. The fourth-order valence-electron chi connectivity index (χ4n) is 3.27. The lowest BCUT2D eigenvalue weighted by Gasteiger charge is -2.28. The Hall–Kier alpha value is -2.14. The standard InChI is InChI=1S/C17H16N2O2S/c20-15(13-11-21-14-6-2-1-5-12(13)14)19-17(7-3-4-8-17)16-18-9-10-22-16/h1-2,5-6,9-11H,3-4,7-8H2,(H,19,20). The second-order valence-corrected chi connectivity index (χ2v) is 6.62. The van der Waals surface area contributed by atoms with Crippen LogP contribution in [0.3, 0.4) is 0 Å². The normalized spacial score (nSPS) is 16.9. The first-order chi connectivity index (χ1) is 10.8. The Kier molecular flexibility index (Phi) is 3.22. The Labute approximate surface area is 132 Å². The summed E-state index contributed by atoms with van der Waals surface area (Å²) in [5.74, 6) is -0.0814. The van der Waals surface area contributed by atoms with Crippen molar-refractivity contribution in [1.29, 1.82) is 0 Å². The van der Waals surface area contributed by atoms with Crippen LogP contribution in [0.5, 0.6) is 0 Å². The van der Waals surface area contributed by atoms with Crippen molar-refractivity contribution in [2.24, 2.45) is 0 Å². The number of nitrogens with zero attached hydrogens (tertiary/aromatic N) is 1. The molecule has 3 aromatic rings. The summed E-state index contributed by atoms with van der Waals surface area (Å²) in [6, 6.07) is 7.61. The fourth-order valence-corrected chi connectivity index (χ4v) is 4.12. The van der Waals surface area contributed by atoms with Gasteiger partial charge in [0, 0.05) is 17.0 Å². The Morgan fingerprint density at radius 1 is 1.27 bits per heavy atom. The number of thiazole rings is 1. The maximum atomic E-state index is 12.8. The Bertz CT molecular complexity index is 801. The lowest BCUT2D eigenvalue weighted by molar-refractivity contribution is 0.0899. The molecule has 4 rings (SSSR count). The van der Waals surface area contributed by atoms with E-state index in [9.17, 15) is 4.79 Å². The second kappa shape index (κ2) is 5.25. The van der Waals surface area contributed by atoms with Crippen molar-refractivity contribution in [3.63, 3.8) is 0 Å². The maximum Gasteiger partial charge on any atom is 0.255 e. The van der Waals surface area contributed by atoms with Crippen LogP contribution in [0.2, 0.25) is 0 Å². The summed E-state index contributed by atoms with van der Waals surface area (Å²) < 4.78 is 5.48. The molecular formula is C17H16N2O2S. The minimum absolute atomic E-state index is 0.0814. The van der Waals surface area contributed by atoms with Crippen molar-refractivity contribution in [3.8, 4) is 0 Å². The summed E-state index contributed by atoms with van der Waals surface area (Å²) >= 11 is 1.61. The fraction of sp³-hybridized carbons (Fsp3) is 0.294. The van der Waals surface area contributed by atoms with E-state index < -0.39 is 0 Å². The third kappa shape index (κ3) is 2.13. The number of aromatic nitrogens is 1. The first-order valence-electron chi connectivity index (χ1n) is 7.47. The molecule has 1 saturated carbocycles. The predicted molar refractivity (Wildman–Crippen MR) is 85.9 cm³/mol. The van der Waals surface area contributed by atoms with Crippen LogP contribution in [0, 0.1) is 0 Å². The number of nitrogens with one attached hydrogen (secondary N) is 1. The van der Waals surface area contributed by atoms with Crippen molar-refractivity contribution < 1.29 is 9.21 Å². The minimum atomic E-state index is -0.316. The zero-order valence-corrected chi connectivity index (χ0v) is 12.9. The Morgan fingerprint density at radius 2 is 2.09 bits per heavy atom. The number of amides is 1. The molecule has 0 bridgehead atoms. The lowest BCUT2D eigenvalue weighted by atomic mass is 9.97. The number of para-hydroxylation sites is 1. The molecule has 0 spiro atoms. The van der Waals surface area contributed by atoms with Crippen LogP contribution >= 0.6 is 11.3 Å². The molecule has 0 aliphatic heterocycles. The molecule has 1 aromatic carbocycles. The highest BCUT2D eigenvalue weighted by Gasteiger charge is 2.39. The van der Waals surface area contributed by atoms with E-state index in [2.05, 4.69) is 10.3 Å². The third-order valence-corrected chi connectivity index (χ3v) is 5.35. The van der Waals surface area contributed by atoms with Crippen molar-refractivity contribution in [1.82, 2.24) is 10.3 Å². The van der Waals surface area contributed by atoms with Gasteiger partial charge in [0.15, 0.2) is 0 Å². The van der Waals surface area contributed by atoms with Crippen molar-refractivity contribution >= 4 is 28.2 Å². The van der Waals surface area contributed by atoms with Crippen LogP contribution in [0.15, 0.2) is 46.5 Å². The lowest BCUT2D eigenvalue weighted by Crippen LogP contribution is -2.43. The molecule has 1 aliphatic rings. The number of carbonyl (C=O) groups excluding carboxylic acids is 1. The van der Waals surface area contributed by atoms with Crippen LogP contribution in [0.25, 0.3) is 11.0 Å². The average Bonchev–Trinajstić information content (AvgIpc) is 3.27. The summed E-state index contributed by atoms with van der Waals surface area (Å²) in [7, 11) is 0. The molecule has 4 nitrogen and oxygen atoms in total. The molecule has 1 aliphatic carbocycles. The Balaban J connectivity index is 1.68. The van der Waals surface area contributed by atoms with Crippen LogP contribution in [-0.2, 0) is 5.54 Å². The monoisotopic (exact) mass is 312 g/mol. The number of fused-ring (bicyclic) bond motifs is 1. The van der Waals surface area contributed by atoms with E-state index in [1.54, 1.807) is 23.8 Å². The van der Waals surface area contributed by atoms with Gasteiger partial charge in [0.1, 0.15) is 16.9 Å². The second-order valence-electron chi connectivity index (χ2n) is 5.73. The molecule has 0 saturated heterocycles. The first kappa shape index (κ1) is 13.5. The minimum Gasteiger partial charge on any atom is -0.463 e. The third-order valence-electron chi connectivity index (χ3n) is 4.38. The molecular weight excluding hydrogens is 296 g/mol. The van der Waals surface area contributed by atoms with Crippen molar-refractivity contribution in [2.45, 2.75) is 31.2 Å². The molecule has 1 fully saturated rings. The van der Waals surface area contributed by atoms with E-state index in [0.717, 1.165) is 41.7 Å². The highest BCUT2D eigenvalue weighted by Crippen LogP contribution is 2.40. The van der Waals surface area contributed by atoms with Gasteiger partial charge in [-0.2, -0.15) is 0 Å². The average molecular weight is 312 g/mol. The molecule has 0 atom stereocenters. The summed E-state index contributed by atoms with van der Waals surface area (Å²) in [4.78, 5) is 17.2. The van der Waals surface area contributed by atoms with Crippen LogP contribution in [-0.4, -0.2) is 10.9 Å². The predicted octanol–water partition coefficient (Wildman–Crippen LogP) is 4.09. The number of benzene rings is 1.